The summed E-state index contributed by atoms with van der Waals surface area (Å²) in [5, 5.41) is 11.9. The Bertz CT molecular complexity index is 778. The molecule has 0 spiro atoms. The van der Waals surface area contributed by atoms with Gasteiger partial charge in [-0.3, -0.25) is 9.59 Å². The summed E-state index contributed by atoms with van der Waals surface area (Å²) in [6.07, 6.45) is -0.241. The molecular formula is C19H20ClNO5. The van der Waals surface area contributed by atoms with Crippen LogP contribution in [0.5, 0.6) is 11.5 Å². The lowest BCUT2D eigenvalue weighted by molar-refractivity contribution is -0.138. The number of carboxylic acid groups (broad SMARTS) is 1. The maximum atomic E-state index is 11.6. The van der Waals surface area contributed by atoms with Crippen molar-refractivity contribution >= 4 is 23.5 Å². The summed E-state index contributed by atoms with van der Waals surface area (Å²) in [7, 11) is 1.53. The summed E-state index contributed by atoms with van der Waals surface area (Å²) in [6.45, 7) is 0.584. The molecule has 26 heavy (non-hydrogen) atoms. The van der Waals surface area contributed by atoms with E-state index in [9.17, 15) is 9.59 Å². The molecule has 0 bridgehead atoms. The number of nitrogens with one attached hydrogen (secondary N) is 1. The number of methoxy groups -OCH3 is 1. The summed E-state index contributed by atoms with van der Waals surface area (Å²) in [4.78, 5) is 22.1. The van der Waals surface area contributed by atoms with Crippen LogP contribution in [0.2, 0.25) is 5.02 Å². The Balaban J connectivity index is 1.95. The molecule has 138 valence electrons. The average Bonchev–Trinajstić information content (AvgIpc) is 2.64. The Hall–Kier alpha value is -2.73. The van der Waals surface area contributed by atoms with Gasteiger partial charge in [0, 0.05) is 23.6 Å². The number of hydrogen-bond donors (Lipinski definition) is 2. The lowest BCUT2D eigenvalue weighted by Gasteiger charge is -2.13. The third-order valence-electron chi connectivity index (χ3n) is 3.62. The number of carbonyl (C=O) groups excluding carboxylic acids is 1. The fourth-order valence-electron chi connectivity index (χ4n) is 2.22. The van der Waals surface area contributed by atoms with E-state index in [0.717, 1.165) is 11.1 Å². The van der Waals surface area contributed by atoms with Gasteiger partial charge < -0.3 is 19.9 Å². The molecule has 0 atom stereocenters. The smallest absolute Gasteiger partial charge is 0.303 e. The predicted molar refractivity (Wildman–Crippen MR) is 97.5 cm³/mol. The van der Waals surface area contributed by atoms with Crippen molar-refractivity contribution in [3.63, 3.8) is 0 Å². The summed E-state index contributed by atoms with van der Waals surface area (Å²) in [5.41, 5.74) is 1.68. The molecule has 0 aliphatic rings. The molecule has 0 aliphatic heterocycles. The molecule has 0 saturated carbocycles. The van der Waals surface area contributed by atoms with Crippen LogP contribution in [0.15, 0.2) is 42.5 Å². The summed E-state index contributed by atoms with van der Waals surface area (Å²) in [6, 6.07) is 12.8. The molecule has 2 rings (SSSR count). The van der Waals surface area contributed by atoms with E-state index in [-0.39, 0.29) is 25.3 Å². The minimum atomic E-state index is -0.998. The van der Waals surface area contributed by atoms with Crippen molar-refractivity contribution in [1.29, 1.82) is 0 Å². The molecule has 0 fully saturated rings. The van der Waals surface area contributed by atoms with E-state index in [0.29, 0.717) is 23.1 Å². The van der Waals surface area contributed by atoms with Gasteiger partial charge in [0.2, 0.25) is 5.91 Å². The number of carboxylic acids is 1. The molecule has 2 aromatic carbocycles. The van der Waals surface area contributed by atoms with E-state index in [1.54, 1.807) is 18.2 Å². The van der Waals surface area contributed by atoms with Crippen molar-refractivity contribution < 1.29 is 24.2 Å². The van der Waals surface area contributed by atoms with Gasteiger partial charge >= 0.3 is 5.97 Å². The van der Waals surface area contributed by atoms with Crippen LogP contribution in [0, 0.1) is 0 Å². The van der Waals surface area contributed by atoms with E-state index < -0.39 is 5.97 Å². The average molecular weight is 378 g/mol. The Morgan fingerprint density at radius 1 is 1.12 bits per heavy atom. The first-order chi connectivity index (χ1) is 12.5. The normalized spacial score (nSPS) is 10.2. The highest BCUT2D eigenvalue weighted by atomic mass is 35.5. The highest BCUT2D eigenvalue weighted by Gasteiger charge is 2.09. The highest BCUT2D eigenvalue weighted by Crippen LogP contribution is 2.29. The predicted octanol–water partition coefficient (Wildman–Crippen LogP) is 3.41. The zero-order chi connectivity index (χ0) is 18.9. The van der Waals surface area contributed by atoms with Crippen LogP contribution in [0.1, 0.15) is 24.0 Å². The minimum Gasteiger partial charge on any atom is -0.493 e. The van der Waals surface area contributed by atoms with E-state index in [1.165, 1.54) is 7.11 Å². The number of ether oxygens (including phenoxy) is 2. The maximum Gasteiger partial charge on any atom is 0.303 e. The van der Waals surface area contributed by atoms with Crippen LogP contribution < -0.4 is 14.8 Å². The number of hydrogen-bond acceptors (Lipinski definition) is 4. The van der Waals surface area contributed by atoms with Gasteiger partial charge in [-0.15, -0.1) is 0 Å². The number of rotatable bonds is 9. The lowest BCUT2D eigenvalue weighted by Crippen LogP contribution is -2.23. The number of amides is 1. The first-order valence-corrected chi connectivity index (χ1v) is 8.39. The Morgan fingerprint density at radius 2 is 1.88 bits per heavy atom. The number of benzene rings is 2. The van der Waals surface area contributed by atoms with E-state index in [2.05, 4.69) is 5.32 Å². The lowest BCUT2D eigenvalue weighted by atomic mass is 10.2. The molecule has 0 aromatic heterocycles. The molecule has 7 heteroatoms. The molecule has 0 saturated heterocycles. The van der Waals surface area contributed by atoms with Crippen LogP contribution in [0.3, 0.4) is 0 Å². The van der Waals surface area contributed by atoms with Gasteiger partial charge in [-0.05, 0) is 23.8 Å². The van der Waals surface area contributed by atoms with Crippen molar-refractivity contribution in [3.05, 3.63) is 58.6 Å². The van der Waals surface area contributed by atoms with Gasteiger partial charge in [0.05, 0.1) is 13.5 Å². The van der Waals surface area contributed by atoms with Gasteiger partial charge in [0.15, 0.2) is 11.5 Å². The second kappa shape index (κ2) is 9.68. The highest BCUT2D eigenvalue weighted by molar-refractivity contribution is 6.31. The third kappa shape index (κ3) is 5.97. The number of aliphatic carboxylic acids is 1. The van der Waals surface area contributed by atoms with Crippen molar-refractivity contribution in [3.8, 4) is 11.5 Å². The SMILES string of the molecule is COc1cc(CNC(=O)CCC(=O)O)ccc1OCc1ccccc1Cl. The Kier molecular flexibility index (Phi) is 7.29. The maximum absolute atomic E-state index is 11.6. The molecule has 2 N–H and O–H groups in total. The van der Waals surface area contributed by atoms with Gasteiger partial charge in [-0.1, -0.05) is 35.9 Å². The van der Waals surface area contributed by atoms with Crippen molar-refractivity contribution in [2.75, 3.05) is 7.11 Å². The topological polar surface area (TPSA) is 84.9 Å². The van der Waals surface area contributed by atoms with Crippen molar-refractivity contribution in [1.82, 2.24) is 5.32 Å². The number of carbonyl (C=O) groups is 2. The first-order valence-electron chi connectivity index (χ1n) is 8.01. The molecule has 0 radical (unpaired) electrons. The third-order valence-corrected chi connectivity index (χ3v) is 3.99. The van der Waals surface area contributed by atoms with Crippen LogP contribution in [-0.4, -0.2) is 24.1 Å². The summed E-state index contributed by atoms with van der Waals surface area (Å²) >= 11 is 6.12. The van der Waals surface area contributed by atoms with Crippen molar-refractivity contribution in [2.24, 2.45) is 0 Å². The van der Waals surface area contributed by atoms with Crippen LogP contribution >= 0.6 is 11.6 Å². The summed E-state index contributed by atoms with van der Waals surface area (Å²) in [5.74, 6) is -0.213. The molecule has 0 unspecified atom stereocenters. The van der Waals surface area contributed by atoms with Gasteiger partial charge in [-0.25, -0.2) is 0 Å². The second-order valence-corrected chi connectivity index (χ2v) is 5.94. The van der Waals surface area contributed by atoms with Crippen LogP contribution in [0.25, 0.3) is 0 Å². The van der Waals surface area contributed by atoms with Gasteiger partial charge in [-0.2, -0.15) is 0 Å². The minimum absolute atomic E-state index is 0.0501. The number of halogens is 1. The monoisotopic (exact) mass is 377 g/mol. The quantitative estimate of drug-likeness (QED) is 0.699. The van der Waals surface area contributed by atoms with Crippen LogP contribution in [-0.2, 0) is 22.7 Å². The largest absolute Gasteiger partial charge is 0.493 e. The van der Waals surface area contributed by atoms with E-state index >= 15 is 0 Å². The zero-order valence-electron chi connectivity index (χ0n) is 14.3. The fraction of sp³-hybridized carbons (Fsp3) is 0.263. The Morgan fingerprint density at radius 3 is 2.58 bits per heavy atom. The van der Waals surface area contributed by atoms with E-state index in [1.807, 2.05) is 24.3 Å². The zero-order valence-corrected chi connectivity index (χ0v) is 15.1. The molecule has 2 aromatic rings. The molecular weight excluding hydrogens is 358 g/mol. The van der Waals surface area contributed by atoms with Gasteiger partial charge in [0.25, 0.3) is 0 Å². The van der Waals surface area contributed by atoms with E-state index in [4.69, 9.17) is 26.2 Å². The first kappa shape index (κ1) is 19.6. The van der Waals surface area contributed by atoms with Crippen molar-refractivity contribution in [2.45, 2.75) is 26.0 Å². The molecule has 0 heterocycles. The Labute approximate surface area is 156 Å². The molecule has 6 nitrogen and oxygen atoms in total. The second-order valence-electron chi connectivity index (χ2n) is 5.54. The molecule has 1 amide bonds. The van der Waals surface area contributed by atoms with Gasteiger partial charge in [0.1, 0.15) is 6.61 Å². The van der Waals surface area contributed by atoms with Crippen LogP contribution in [0.4, 0.5) is 0 Å². The molecule has 0 aliphatic carbocycles. The summed E-state index contributed by atoms with van der Waals surface area (Å²) < 4.78 is 11.1. The standard InChI is InChI=1S/C19H20ClNO5/c1-25-17-10-13(11-21-18(22)8-9-19(23)24)6-7-16(17)26-12-14-4-2-3-5-15(14)20/h2-7,10H,8-9,11-12H2,1H3,(H,21,22)(H,23,24). The fourth-order valence-corrected chi connectivity index (χ4v) is 2.41.